The lowest BCUT2D eigenvalue weighted by atomic mass is 10.2. The molecule has 2 aromatic rings. The van der Waals surface area contributed by atoms with Gasteiger partial charge in [-0.1, -0.05) is 0 Å². The summed E-state index contributed by atoms with van der Waals surface area (Å²) in [4.78, 5) is 12.9. The first-order valence-corrected chi connectivity index (χ1v) is 5.19. The molecule has 0 aliphatic carbocycles. The second-order valence-corrected chi connectivity index (χ2v) is 3.58. The summed E-state index contributed by atoms with van der Waals surface area (Å²) >= 11 is 0. The second-order valence-electron chi connectivity index (χ2n) is 3.58. The van der Waals surface area contributed by atoms with E-state index in [1.165, 1.54) is 0 Å². The zero-order valence-corrected chi connectivity index (χ0v) is 9.44. The summed E-state index contributed by atoms with van der Waals surface area (Å²) in [5, 5.41) is 3.05. The van der Waals surface area contributed by atoms with Crippen molar-refractivity contribution in [2.75, 3.05) is 7.05 Å². The standard InChI is InChI=1S/C12H14N4/c1-9-6-11(10-4-3-5-14-7-10)16-12(15-9)8-13-2/h3-7,13H,8H2,1-2H3. The SMILES string of the molecule is CNCc1nc(C)cc(-c2cccnc2)n1. The molecule has 1 N–H and O–H groups in total. The lowest BCUT2D eigenvalue weighted by Gasteiger charge is -2.05. The summed E-state index contributed by atoms with van der Waals surface area (Å²) in [7, 11) is 1.88. The van der Waals surface area contributed by atoms with Crippen LogP contribution in [-0.2, 0) is 6.54 Å². The molecule has 0 bridgehead atoms. The van der Waals surface area contributed by atoms with Crippen LogP contribution in [0.15, 0.2) is 30.6 Å². The molecule has 0 aliphatic heterocycles. The lowest BCUT2D eigenvalue weighted by Crippen LogP contribution is -2.10. The quantitative estimate of drug-likeness (QED) is 0.842. The van der Waals surface area contributed by atoms with Gasteiger partial charge < -0.3 is 5.32 Å². The van der Waals surface area contributed by atoms with E-state index < -0.39 is 0 Å². The predicted octanol–water partition coefficient (Wildman–Crippen LogP) is 1.57. The van der Waals surface area contributed by atoms with Crippen molar-refractivity contribution in [3.8, 4) is 11.3 Å². The third kappa shape index (κ3) is 2.41. The van der Waals surface area contributed by atoms with Crippen LogP contribution in [0.2, 0.25) is 0 Å². The minimum absolute atomic E-state index is 0.676. The van der Waals surface area contributed by atoms with Crippen LogP contribution in [0.5, 0.6) is 0 Å². The van der Waals surface area contributed by atoms with Gasteiger partial charge in [-0.05, 0) is 32.2 Å². The second kappa shape index (κ2) is 4.81. The van der Waals surface area contributed by atoms with Crippen molar-refractivity contribution >= 4 is 0 Å². The fourth-order valence-electron chi connectivity index (χ4n) is 1.53. The molecule has 0 spiro atoms. The number of hydrogen-bond donors (Lipinski definition) is 1. The topological polar surface area (TPSA) is 50.7 Å². The van der Waals surface area contributed by atoms with Gasteiger partial charge in [0.1, 0.15) is 5.82 Å². The average molecular weight is 214 g/mol. The molecule has 0 saturated heterocycles. The van der Waals surface area contributed by atoms with Gasteiger partial charge >= 0.3 is 0 Å². The van der Waals surface area contributed by atoms with Crippen LogP contribution in [0.1, 0.15) is 11.5 Å². The van der Waals surface area contributed by atoms with Crippen LogP contribution >= 0.6 is 0 Å². The van der Waals surface area contributed by atoms with Crippen molar-refractivity contribution < 1.29 is 0 Å². The molecule has 2 aromatic heterocycles. The monoisotopic (exact) mass is 214 g/mol. The predicted molar refractivity (Wildman–Crippen MR) is 62.8 cm³/mol. The Bertz CT molecular complexity index is 468. The molecule has 0 amide bonds. The highest BCUT2D eigenvalue weighted by Gasteiger charge is 2.03. The fourth-order valence-corrected chi connectivity index (χ4v) is 1.53. The van der Waals surface area contributed by atoms with Gasteiger partial charge in [0.05, 0.1) is 12.2 Å². The highest BCUT2D eigenvalue weighted by atomic mass is 15.0. The Morgan fingerprint density at radius 3 is 2.88 bits per heavy atom. The van der Waals surface area contributed by atoms with Gasteiger partial charge in [0.2, 0.25) is 0 Å². The van der Waals surface area contributed by atoms with Crippen molar-refractivity contribution in [3.05, 3.63) is 42.1 Å². The molecule has 0 aromatic carbocycles. The molecule has 0 atom stereocenters. The van der Waals surface area contributed by atoms with Crippen molar-refractivity contribution in [1.29, 1.82) is 0 Å². The van der Waals surface area contributed by atoms with E-state index in [0.29, 0.717) is 6.54 Å². The van der Waals surface area contributed by atoms with Gasteiger partial charge in [0, 0.05) is 23.7 Å². The first-order chi connectivity index (χ1) is 7.79. The van der Waals surface area contributed by atoms with E-state index in [0.717, 1.165) is 22.8 Å². The van der Waals surface area contributed by atoms with E-state index in [-0.39, 0.29) is 0 Å². The normalized spacial score (nSPS) is 10.4. The van der Waals surface area contributed by atoms with Gasteiger partial charge in [-0.25, -0.2) is 9.97 Å². The smallest absolute Gasteiger partial charge is 0.143 e. The molecule has 4 nitrogen and oxygen atoms in total. The number of rotatable bonds is 3. The Kier molecular flexibility index (Phi) is 3.22. The van der Waals surface area contributed by atoms with E-state index in [2.05, 4.69) is 20.3 Å². The molecule has 0 unspecified atom stereocenters. The van der Waals surface area contributed by atoms with E-state index in [9.17, 15) is 0 Å². The van der Waals surface area contributed by atoms with Crippen LogP contribution in [0, 0.1) is 6.92 Å². The zero-order chi connectivity index (χ0) is 11.4. The van der Waals surface area contributed by atoms with Gasteiger partial charge in [-0.2, -0.15) is 0 Å². The van der Waals surface area contributed by atoms with Crippen LogP contribution in [0.4, 0.5) is 0 Å². The zero-order valence-electron chi connectivity index (χ0n) is 9.44. The van der Waals surface area contributed by atoms with Crippen molar-refractivity contribution in [1.82, 2.24) is 20.3 Å². The minimum Gasteiger partial charge on any atom is -0.313 e. The van der Waals surface area contributed by atoms with E-state index in [1.807, 2.05) is 38.4 Å². The first-order valence-electron chi connectivity index (χ1n) is 5.19. The first kappa shape index (κ1) is 10.7. The minimum atomic E-state index is 0.676. The molecular weight excluding hydrogens is 200 g/mol. The molecule has 82 valence electrons. The maximum atomic E-state index is 4.48. The highest BCUT2D eigenvalue weighted by molar-refractivity contribution is 5.57. The van der Waals surface area contributed by atoms with E-state index in [1.54, 1.807) is 6.20 Å². The molecule has 0 saturated carbocycles. The summed E-state index contributed by atoms with van der Waals surface area (Å²) in [5.41, 5.74) is 2.91. The molecular formula is C12H14N4. The maximum Gasteiger partial charge on any atom is 0.143 e. The van der Waals surface area contributed by atoms with E-state index in [4.69, 9.17) is 0 Å². The fraction of sp³-hybridized carbons (Fsp3) is 0.250. The number of nitrogens with one attached hydrogen (secondary N) is 1. The third-order valence-electron chi connectivity index (χ3n) is 2.19. The summed E-state index contributed by atoms with van der Waals surface area (Å²) in [5.74, 6) is 0.807. The Labute approximate surface area is 94.8 Å². The molecule has 0 fully saturated rings. The average Bonchev–Trinajstić information content (AvgIpc) is 2.30. The molecule has 0 radical (unpaired) electrons. The van der Waals surface area contributed by atoms with Crippen LogP contribution in [0.25, 0.3) is 11.3 Å². The van der Waals surface area contributed by atoms with Crippen molar-refractivity contribution in [3.63, 3.8) is 0 Å². The van der Waals surface area contributed by atoms with Gasteiger partial charge in [-0.15, -0.1) is 0 Å². The number of aryl methyl sites for hydroxylation is 1. The number of nitrogens with zero attached hydrogens (tertiary/aromatic N) is 3. The maximum absolute atomic E-state index is 4.48. The summed E-state index contributed by atoms with van der Waals surface area (Å²) in [6.45, 7) is 2.65. The third-order valence-corrected chi connectivity index (χ3v) is 2.19. The molecule has 2 rings (SSSR count). The molecule has 0 aliphatic rings. The van der Waals surface area contributed by atoms with Gasteiger partial charge in [-0.3, -0.25) is 4.98 Å². The number of aromatic nitrogens is 3. The van der Waals surface area contributed by atoms with Crippen LogP contribution in [0.3, 0.4) is 0 Å². The highest BCUT2D eigenvalue weighted by Crippen LogP contribution is 2.15. The van der Waals surface area contributed by atoms with Crippen molar-refractivity contribution in [2.45, 2.75) is 13.5 Å². The lowest BCUT2D eigenvalue weighted by molar-refractivity contribution is 0.754. The Hall–Kier alpha value is -1.81. The molecule has 16 heavy (non-hydrogen) atoms. The number of pyridine rings is 1. The van der Waals surface area contributed by atoms with Crippen LogP contribution < -0.4 is 5.32 Å². The van der Waals surface area contributed by atoms with Crippen LogP contribution in [-0.4, -0.2) is 22.0 Å². The summed E-state index contributed by atoms with van der Waals surface area (Å²) in [6.07, 6.45) is 3.57. The van der Waals surface area contributed by atoms with Crippen molar-refractivity contribution in [2.24, 2.45) is 0 Å². The van der Waals surface area contributed by atoms with Gasteiger partial charge in [0.15, 0.2) is 0 Å². The Morgan fingerprint density at radius 1 is 1.31 bits per heavy atom. The van der Waals surface area contributed by atoms with E-state index >= 15 is 0 Å². The summed E-state index contributed by atoms with van der Waals surface area (Å²) < 4.78 is 0. The summed E-state index contributed by atoms with van der Waals surface area (Å²) in [6, 6.07) is 5.87. The van der Waals surface area contributed by atoms with Gasteiger partial charge in [0.25, 0.3) is 0 Å². The Morgan fingerprint density at radius 2 is 2.19 bits per heavy atom. The largest absolute Gasteiger partial charge is 0.313 e. The molecule has 2 heterocycles. The Balaban J connectivity index is 2.41. The molecule has 4 heteroatoms. The number of hydrogen-bond acceptors (Lipinski definition) is 4.